The third-order valence-electron chi connectivity index (χ3n) is 2.52. The first-order valence-corrected chi connectivity index (χ1v) is 6.59. The lowest BCUT2D eigenvalue weighted by Crippen LogP contribution is -2.11. The average molecular weight is 384 g/mol. The van der Waals surface area contributed by atoms with Crippen LogP contribution in [0.15, 0.2) is 42.5 Å². The van der Waals surface area contributed by atoms with Gasteiger partial charge in [-0.15, -0.1) is 0 Å². The Hall–Kier alpha value is -2.16. The molecule has 0 aliphatic carbocycles. The number of nitro benzene ring substituents is 1. The number of phenols is 1. The minimum absolute atomic E-state index is 0.145. The third-order valence-corrected chi connectivity index (χ3v) is 3.19. The molecule has 0 saturated heterocycles. The molecule has 2 rings (SSSR count). The van der Waals surface area contributed by atoms with E-state index in [0.717, 1.165) is 15.7 Å². The second kappa shape index (κ2) is 5.87. The van der Waals surface area contributed by atoms with E-state index < -0.39 is 22.3 Å². The van der Waals surface area contributed by atoms with Gasteiger partial charge in [0, 0.05) is 20.9 Å². The number of carbonyl (C=O) groups excluding carboxylic acids is 1. The zero-order chi connectivity index (χ0) is 14.7. The van der Waals surface area contributed by atoms with E-state index in [1.807, 2.05) is 6.07 Å². The van der Waals surface area contributed by atoms with Crippen molar-refractivity contribution in [1.29, 1.82) is 0 Å². The normalized spacial score (nSPS) is 10.1. The molecular formula is C13H9IN2O4. The van der Waals surface area contributed by atoms with E-state index in [0.29, 0.717) is 5.69 Å². The van der Waals surface area contributed by atoms with Gasteiger partial charge in [-0.1, -0.05) is 6.07 Å². The summed E-state index contributed by atoms with van der Waals surface area (Å²) >= 11 is 2.12. The Labute approximate surface area is 127 Å². The molecule has 0 fully saturated rings. The second-order valence-corrected chi connectivity index (χ2v) is 5.17. The quantitative estimate of drug-likeness (QED) is 0.483. The first kappa shape index (κ1) is 14.3. The molecule has 7 heteroatoms. The number of phenolic OH excluding ortho intramolecular Hbond substituents is 1. The number of anilines is 1. The molecule has 20 heavy (non-hydrogen) atoms. The summed E-state index contributed by atoms with van der Waals surface area (Å²) in [4.78, 5) is 21.8. The SMILES string of the molecule is O=C(Nc1cccc(I)c1)c1ccc([N+](=O)[O-])c(O)c1. The Morgan fingerprint density at radius 3 is 2.60 bits per heavy atom. The van der Waals surface area contributed by atoms with E-state index >= 15 is 0 Å². The van der Waals surface area contributed by atoms with Crippen LogP contribution in [-0.2, 0) is 0 Å². The number of hydrogen-bond donors (Lipinski definition) is 2. The highest BCUT2D eigenvalue weighted by atomic mass is 127. The Bertz CT molecular complexity index is 688. The first-order valence-electron chi connectivity index (χ1n) is 5.51. The van der Waals surface area contributed by atoms with Crippen LogP contribution in [0.1, 0.15) is 10.4 Å². The molecule has 2 aromatic rings. The molecule has 0 radical (unpaired) electrons. The molecule has 0 heterocycles. The van der Waals surface area contributed by atoms with E-state index in [9.17, 15) is 20.0 Å². The summed E-state index contributed by atoms with van der Waals surface area (Å²) in [5.41, 5.74) is 0.322. The number of nitrogens with zero attached hydrogens (tertiary/aromatic N) is 1. The second-order valence-electron chi connectivity index (χ2n) is 3.93. The number of carbonyl (C=O) groups is 1. The number of rotatable bonds is 3. The third kappa shape index (κ3) is 3.23. The maximum atomic E-state index is 12.0. The first-order chi connectivity index (χ1) is 9.47. The van der Waals surface area contributed by atoms with Gasteiger partial charge in [-0.05, 0) is 52.9 Å². The number of aromatic hydroxyl groups is 1. The highest BCUT2D eigenvalue weighted by molar-refractivity contribution is 14.1. The van der Waals surface area contributed by atoms with Gasteiger partial charge in [0.2, 0.25) is 0 Å². The van der Waals surface area contributed by atoms with Crippen molar-refractivity contribution in [2.24, 2.45) is 0 Å². The van der Waals surface area contributed by atoms with Crippen molar-refractivity contribution in [3.05, 3.63) is 61.7 Å². The van der Waals surface area contributed by atoms with Crippen molar-refractivity contribution >= 4 is 39.9 Å². The lowest BCUT2D eigenvalue weighted by atomic mass is 10.1. The Kier molecular flexibility index (Phi) is 4.18. The largest absolute Gasteiger partial charge is 0.502 e. The Balaban J connectivity index is 2.22. The molecule has 102 valence electrons. The number of nitro groups is 1. The van der Waals surface area contributed by atoms with E-state index in [4.69, 9.17) is 0 Å². The molecule has 0 atom stereocenters. The maximum Gasteiger partial charge on any atom is 0.310 e. The summed E-state index contributed by atoms with van der Waals surface area (Å²) in [5, 5.41) is 22.7. The summed E-state index contributed by atoms with van der Waals surface area (Å²) in [7, 11) is 0. The lowest BCUT2D eigenvalue weighted by molar-refractivity contribution is -0.385. The predicted molar refractivity (Wildman–Crippen MR) is 81.9 cm³/mol. The van der Waals surface area contributed by atoms with E-state index in [2.05, 4.69) is 27.9 Å². The molecule has 0 spiro atoms. The standard InChI is InChI=1S/C13H9IN2O4/c14-9-2-1-3-10(7-9)15-13(18)8-4-5-11(16(19)20)12(17)6-8/h1-7,17H,(H,15,18). The van der Waals surface area contributed by atoms with Gasteiger partial charge >= 0.3 is 5.69 Å². The zero-order valence-corrected chi connectivity index (χ0v) is 12.2. The molecule has 0 unspecified atom stereocenters. The van der Waals surface area contributed by atoms with Gasteiger partial charge in [-0.2, -0.15) is 0 Å². The monoisotopic (exact) mass is 384 g/mol. The van der Waals surface area contributed by atoms with Crippen LogP contribution in [0.25, 0.3) is 0 Å². The van der Waals surface area contributed by atoms with Gasteiger partial charge in [0.05, 0.1) is 4.92 Å². The van der Waals surface area contributed by atoms with Crippen LogP contribution < -0.4 is 5.32 Å². The molecule has 0 aliphatic rings. The zero-order valence-electron chi connectivity index (χ0n) is 10.0. The molecule has 6 nitrogen and oxygen atoms in total. The maximum absolute atomic E-state index is 12.0. The van der Waals surface area contributed by atoms with Gasteiger partial charge in [-0.25, -0.2) is 0 Å². The highest BCUT2D eigenvalue weighted by Crippen LogP contribution is 2.26. The number of nitrogens with one attached hydrogen (secondary N) is 1. The minimum atomic E-state index is -0.712. The van der Waals surface area contributed by atoms with Crippen LogP contribution in [0.2, 0.25) is 0 Å². The van der Waals surface area contributed by atoms with E-state index in [1.165, 1.54) is 6.07 Å². The summed E-state index contributed by atoms with van der Waals surface area (Å²) in [5.74, 6) is -0.984. The number of amides is 1. The predicted octanol–water partition coefficient (Wildman–Crippen LogP) is 3.16. The van der Waals surface area contributed by atoms with E-state index in [1.54, 1.807) is 18.2 Å². The highest BCUT2D eigenvalue weighted by Gasteiger charge is 2.16. The molecule has 2 N–H and O–H groups in total. The molecule has 0 aliphatic heterocycles. The Morgan fingerprint density at radius 2 is 2.00 bits per heavy atom. The number of halogens is 1. The van der Waals surface area contributed by atoms with Crippen LogP contribution in [-0.4, -0.2) is 15.9 Å². The summed E-state index contributed by atoms with van der Waals surface area (Å²) in [6.07, 6.45) is 0. The van der Waals surface area contributed by atoms with Crippen LogP contribution in [0.4, 0.5) is 11.4 Å². The molecule has 1 amide bonds. The lowest BCUT2D eigenvalue weighted by Gasteiger charge is -2.06. The summed E-state index contributed by atoms with van der Waals surface area (Å²) in [6, 6.07) is 10.6. The Morgan fingerprint density at radius 1 is 1.25 bits per heavy atom. The molecule has 0 saturated carbocycles. The van der Waals surface area contributed by atoms with Crippen molar-refractivity contribution in [1.82, 2.24) is 0 Å². The van der Waals surface area contributed by atoms with Crippen LogP contribution in [0.5, 0.6) is 5.75 Å². The number of hydrogen-bond acceptors (Lipinski definition) is 4. The van der Waals surface area contributed by atoms with E-state index in [-0.39, 0.29) is 5.56 Å². The molecule has 0 aromatic heterocycles. The van der Waals surface area contributed by atoms with Crippen molar-refractivity contribution < 1.29 is 14.8 Å². The van der Waals surface area contributed by atoms with Gasteiger partial charge < -0.3 is 10.4 Å². The fourth-order valence-corrected chi connectivity index (χ4v) is 2.13. The smallest absolute Gasteiger partial charge is 0.310 e. The molecule has 2 aromatic carbocycles. The fourth-order valence-electron chi connectivity index (χ4n) is 1.59. The van der Waals surface area contributed by atoms with Crippen LogP contribution in [0, 0.1) is 13.7 Å². The van der Waals surface area contributed by atoms with Gasteiger partial charge in [0.1, 0.15) is 0 Å². The minimum Gasteiger partial charge on any atom is -0.502 e. The van der Waals surface area contributed by atoms with Crippen LogP contribution >= 0.6 is 22.6 Å². The van der Waals surface area contributed by atoms with Crippen LogP contribution in [0.3, 0.4) is 0 Å². The molecule has 0 bridgehead atoms. The number of benzene rings is 2. The average Bonchev–Trinajstić information content (AvgIpc) is 2.38. The van der Waals surface area contributed by atoms with Crippen molar-refractivity contribution in [3.8, 4) is 5.75 Å². The van der Waals surface area contributed by atoms with Crippen molar-refractivity contribution in [2.75, 3.05) is 5.32 Å². The van der Waals surface area contributed by atoms with Crippen molar-refractivity contribution in [2.45, 2.75) is 0 Å². The van der Waals surface area contributed by atoms with Gasteiger partial charge in [0.25, 0.3) is 5.91 Å². The summed E-state index contributed by atoms with van der Waals surface area (Å²) in [6.45, 7) is 0. The summed E-state index contributed by atoms with van der Waals surface area (Å²) < 4.78 is 0.965. The van der Waals surface area contributed by atoms with Crippen molar-refractivity contribution in [3.63, 3.8) is 0 Å². The van der Waals surface area contributed by atoms with Gasteiger partial charge in [-0.3, -0.25) is 14.9 Å². The molecular weight excluding hydrogens is 375 g/mol. The van der Waals surface area contributed by atoms with Gasteiger partial charge in [0.15, 0.2) is 5.75 Å². The fraction of sp³-hybridized carbons (Fsp3) is 0. The topological polar surface area (TPSA) is 92.5 Å².